The fourth-order valence-electron chi connectivity index (χ4n) is 2.88. The smallest absolute Gasteiger partial charge is 0.324 e. The van der Waals surface area contributed by atoms with Gasteiger partial charge in [0.05, 0.1) is 5.69 Å². The summed E-state index contributed by atoms with van der Waals surface area (Å²) in [6.45, 7) is 11.6. The lowest BCUT2D eigenvalue weighted by molar-refractivity contribution is 0.0921. The lowest BCUT2D eigenvalue weighted by Gasteiger charge is -2.20. The molecule has 0 spiro atoms. The largest absolute Gasteiger partial charge is 0.382 e. The first kappa shape index (κ1) is 22.9. The summed E-state index contributed by atoms with van der Waals surface area (Å²) < 4.78 is 5.26. The van der Waals surface area contributed by atoms with Crippen LogP contribution in [-0.4, -0.2) is 32.8 Å². The molecule has 0 radical (unpaired) electrons. The van der Waals surface area contributed by atoms with Gasteiger partial charge in [0.1, 0.15) is 11.3 Å². The number of hydrogen-bond acceptors (Lipinski definition) is 6. The van der Waals surface area contributed by atoms with Crippen molar-refractivity contribution >= 4 is 29.3 Å². The highest BCUT2D eigenvalue weighted by Crippen LogP contribution is 2.27. The summed E-state index contributed by atoms with van der Waals surface area (Å²) in [6.07, 6.45) is 0. The number of nitrogens with two attached hydrogens (primary N) is 1. The molecule has 1 aromatic carbocycles. The third-order valence-corrected chi connectivity index (χ3v) is 4.43. The van der Waals surface area contributed by atoms with Gasteiger partial charge in [0.25, 0.3) is 5.91 Å². The summed E-state index contributed by atoms with van der Waals surface area (Å²) >= 11 is 0. The number of carbonyl (C=O) groups excluding carboxylic acids is 2. The zero-order chi connectivity index (χ0) is 23.7. The number of H-pyrrole nitrogens is 1. The third kappa shape index (κ3) is 5.45. The number of rotatable bonds is 4. The number of nitrogens with zero attached hydrogens (tertiary/aromatic N) is 2. The van der Waals surface area contributed by atoms with Gasteiger partial charge in [-0.25, -0.2) is 4.79 Å². The van der Waals surface area contributed by atoms with Gasteiger partial charge in [-0.2, -0.15) is 5.10 Å². The van der Waals surface area contributed by atoms with Gasteiger partial charge in [-0.15, -0.1) is 0 Å². The lowest BCUT2D eigenvalue weighted by atomic mass is 9.93. The molecule has 3 rings (SSSR count). The summed E-state index contributed by atoms with van der Waals surface area (Å²) in [4.78, 5) is 24.9. The molecule has 10 nitrogen and oxygen atoms in total. The number of carbonyl (C=O) groups is 2. The summed E-state index contributed by atoms with van der Waals surface area (Å²) in [5, 5.41) is 18.9. The number of aromatic amines is 1. The number of aromatic nitrogens is 3. The minimum Gasteiger partial charge on any atom is -0.382 e. The van der Waals surface area contributed by atoms with Crippen LogP contribution in [0.15, 0.2) is 34.9 Å². The minimum atomic E-state index is -0.456. The molecule has 0 aliphatic rings. The van der Waals surface area contributed by atoms with Gasteiger partial charge in [-0.3, -0.25) is 15.2 Å². The van der Waals surface area contributed by atoms with Gasteiger partial charge in [0, 0.05) is 28.3 Å². The maximum atomic E-state index is 12.7. The van der Waals surface area contributed by atoms with E-state index in [1.807, 2.05) is 41.5 Å². The molecule has 2 heterocycles. The number of benzene rings is 1. The molecule has 0 bridgehead atoms. The van der Waals surface area contributed by atoms with E-state index in [9.17, 15) is 9.59 Å². The van der Waals surface area contributed by atoms with Crippen LogP contribution in [-0.2, 0) is 5.41 Å². The van der Waals surface area contributed by atoms with Crippen LogP contribution >= 0.6 is 0 Å². The lowest BCUT2D eigenvalue weighted by Crippen LogP contribution is -2.40. The van der Waals surface area contributed by atoms with Crippen molar-refractivity contribution in [2.75, 3.05) is 16.4 Å². The summed E-state index contributed by atoms with van der Waals surface area (Å²) in [5.41, 5.74) is 7.31. The van der Waals surface area contributed by atoms with Gasteiger partial charge in [-0.1, -0.05) is 38.1 Å². The van der Waals surface area contributed by atoms with Crippen molar-refractivity contribution in [3.05, 3.63) is 41.7 Å². The zero-order valence-corrected chi connectivity index (χ0v) is 19.1. The van der Waals surface area contributed by atoms with Crippen molar-refractivity contribution in [1.29, 1.82) is 0 Å². The molecular formula is C22H29N7O3. The van der Waals surface area contributed by atoms with Crippen LogP contribution in [0.2, 0.25) is 0 Å². The Hall–Kier alpha value is -3.82. The Morgan fingerprint density at radius 3 is 2.25 bits per heavy atom. The third-order valence-electron chi connectivity index (χ3n) is 4.43. The van der Waals surface area contributed by atoms with Gasteiger partial charge >= 0.3 is 6.03 Å². The number of nitrogen functional groups attached to an aromatic ring is 1. The summed E-state index contributed by atoms with van der Waals surface area (Å²) in [5.74, 6) is 0.793. The van der Waals surface area contributed by atoms with Crippen LogP contribution in [0.4, 0.5) is 22.1 Å². The Kier molecular flexibility index (Phi) is 5.98. The van der Waals surface area contributed by atoms with E-state index in [2.05, 4.69) is 31.3 Å². The fraction of sp³-hybridized carbons (Fsp3) is 0.364. The highest BCUT2D eigenvalue weighted by Gasteiger charge is 2.24. The monoisotopic (exact) mass is 439 g/mol. The number of nitrogens with one attached hydrogen (secondary N) is 4. The Balaban J connectivity index is 1.70. The van der Waals surface area contributed by atoms with Gasteiger partial charge in [0.15, 0.2) is 11.6 Å². The summed E-state index contributed by atoms with van der Waals surface area (Å²) in [7, 11) is 0. The van der Waals surface area contributed by atoms with Crippen molar-refractivity contribution in [3.8, 4) is 11.3 Å². The number of anilines is 3. The van der Waals surface area contributed by atoms with E-state index in [0.717, 1.165) is 0 Å². The number of hydrogen-bond donors (Lipinski definition) is 5. The van der Waals surface area contributed by atoms with Gasteiger partial charge in [-0.05, 0) is 32.9 Å². The quantitative estimate of drug-likeness (QED) is 0.412. The van der Waals surface area contributed by atoms with Crippen molar-refractivity contribution in [2.24, 2.45) is 0 Å². The second kappa shape index (κ2) is 8.37. The molecule has 0 saturated carbocycles. The molecule has 0 saturated heterocycles. The Morgan fingerprint density at radius 1 is 1.03 bits per heavy atom. The topological polar surface area (TPSA) is 151 Å². The molecule has 6 N–H and O–H groups in total. The second-order valence-electron chi connectivity index (χ2n) is 9.55. The standard InChI is InChI=1S/C22H29N7O3/c1-21(2,3)14-11-15(29-32-14)25-20(31)24-13-9-7-12(8-10-13)17-16(18(23)28-27-17)19(30)26-22(4,5)6/h7-11H,1-6H3,(H,26,30)(H3,23,27,28)(H2,24,25,29,31). The van der Waals surface area contributed by atoms with E-state index in [4.69, 9.17) is 10.3 Å². The molecule has 0 aliphatic heterocycles. The predicted octanol–water partition coefficient (Wildman–Crippen LogP) is 4.12. The minimum absolute atomic E-state index is 0.116. The summed E-state index contributed by atoms with van der Waals surface area (Å²) in [6, 6.07) is 8.16. The maximum absolute atomic E-state index is 12.7. The van der Waals surface area contributed by atoms with Crippen LogP contribution in [0.3, 0.4) is 0 Å². The first-order chi connectivity index (χ1) is 14.8. The molecule has 3 amide bonds. The maximum Gasteiger partial charge on any atom is 0.324 e. The van der Waals surface area contributed by atoms with E-state index >= 15 is 0 Å². The Labute approximate surface area is 186 Å². The van der Waals surface area contributed by atoms with E-state index in [1.54, 1.807) is 30.3 Å². The molecule has 32 heavy (non-hydrogen) atoms. The van der Waals surface area contributed by atoms with Crippen molar-refractivity contribution in [1.82, 2.24) is 20.7 Å². The highest BCUT2D eigenvalue weighted by atomic mass is 16.5. The Bertz CT molecular complexity index is 1120. The number of urea groups is 1. The molecule has 2 aromatic heterocycles. The van der Waals surface area contributed by atoms with Crippen molar-refractivity contribution < 1.29 is 14.1 Å². The first-order valence-corrected chi connectivity index (χ1v) is 10.2. The molecule has 0 aliphatic carbocycles. The van der Waals surface area contributed by atoms with Crippen molar-refractivity contribution in [3.63, 3.8) is 0 Å². The average Bonchev–Trinajstić information content (AvgIpc) is 3.27. The molecule has 0 atom stereocenters. The molecular weight excluding hydrogens is 410 g/mol. The van der Waals surface area contributed by atoms with Crippen LogP contribution in [0.5, 0.6) is 0 Å². The Morgan fingerprint density at radius 2 is 1.69 bits per heavy atom. The van der Waals surface area contributed by atoms with Crippen LogP contribution in [0.25, 0.3) is 11.3 Å². The molecule has 3 aromatic rings. The van der Waals surface area contributed by atoms with E-state index in [-0.39, 0.29) is 22.7 Å². The first-order valence-electron chi connectivity index (χ1n) is 10.2. The van der Waals surface area contributed by atoms with Crippen molar-refractivity contribution in [2.45, 2.75) is 52.5 Å². The molecule has 170 valence electrons. The predicted molar refractivity (Wildman–Crippen MR) is 123 cm³/mol. The van der Waals surface area contributed by atoms with E-state index < -0.39 is 11.6 Å². The van der Waals surface area contributed by atoms with Gasteiger partial charge in [0.2, 0.25) is 0 Å². The zero-order valence-electron chi connectivity index (χ0n) is 19.1. The molecule has 0 unspecified atom stereocenters. The molecule has 0 fully saturated rings. The molecule has 10 heteroatoms. The van der Waals surface area contributed by atoms with Crippen LogP contribution in [0, 0.1) is 0 Å². The van der Waals surface area contributed by atoms with Crippen LogP contribution < -0.4 is 21.7 Å². The van der Waals surface area contributed by atoms with Gasteiger partial charge < -0.3 is 20.9 Å². The second-order valence-corrected chi connectivity index (χ2v) is 9.55. The fourth-order valence-corrected chi connectivity index (χ4v) is 2.88. The number of amides is 3. The highest BCUT2D eigenvalue weighted by molar-refractivity contribution is 6.04. The van der Waals surface area contributed by atoms with E-state index in [0.29, 0.717) is 28.5 Å². The van der Waals surface area contributed by atoms with Crippen LogP contribution in [0.1, 0.15) is 57.7 Å². The SMILES string of the molecule is CC(C)(C)NC(=O)c1c(N)n[nH]c1-c1ccc(NC(=O)Nc2cc(C(C)(C)C)on2)cc1. The average molecular weight is 440 g/mol. The van der Waals surface area contributed by atoms with E-state index in [1.165, 1.54) is 0 Å². The normalized spacial score (nSPS) is 11.8.